The molecule has 0 aliphatic heterocycles. The summed E-state index contributed by atoms with van der Waals surface area (Å²) in [6.45, 7) is -5.75. The molecule has 11 heteroatoms. The predicted octanol–water partition coefficient (Wildman–Crippen LogP) is 5.83. The van der Waals surface area contributed by atoms with Crippen molar-refractivity contribution in [1.29, 1.82) is 0 Å². The molecule has 214 valence electrons. The molecule has 2 N–H and O–H groups in total. The summed E-state index contributed by atoms with van der Waals surface area (Å²) in [5, 5.41) is 6.67. The number of fused-ring (bicyclic) bond motifs is 1. The van der Waals surface area contributed by atoms with Crippen LogP contribution in [0.15, 0.2) is 73.1 Å². The van der Waals surface area contributed by atoms with E-state index in [-0.39, 0.29) is 37.1 Å². The van der Waals surface area contributed by atoms with Crippen LogP contribution < -0.4 is 20.1 Å². The number of likely N-dealkylation sites (N-methyl/N-ethyl adjacent to an activating group) is 1. The smallest absolute Gasteiger partial charge is 0.248 e. The average Bonchev–Trinajstić information content (AvgIpc) is 2.98. The molecule has 0 spiro atoms. The molecule has 0 fully saturated rings. The van der Waals surface area contributed by atoms with Gasteiger partial charge in [-0.2, -0.15) is 0 Å². The van der Waals surface area contributed by atoms with Gasteiger partial charge in [-0.15, -0.1) is 0 Å². The van der Waals surface area contributed by atoms with Gasteiger partial charge in [0.1, 0.15) is 42.7 Å². The number of hydrogen-bond donors (Lipinski definition) is 2. The fourth-order valence-corrected chi connectivity index (χ4v) is 3.93. The Kier molecular flexibility index (Phi) is 7.88. The lowest BCUT2D eigenvalue weighted by Crippen LogP contribution is -2.14. The highest BCUT2D eigenvalue weighted by Gasteiger charge is 2.14. The van der Waals surface area contributed by atoms with Crippen LogP contribution in [0.3, 0.4) is 0 Å². The molecule has 0 saturated carbocycles. The lowest BCUT2D eigenvalue weighted by Gasteiger charge is -2.15. The lowest BCUT2D eigenvalue weighted by atomic mass is 10.1. The van der Waals surface area contributed by atoms with Crippen LogP contribution >= 0.6 is 11.6 Å². The van der Waals surface area contributed by atoms with Gasteiger partial charge in [0.15, 0.2) is 0 Å². The molecule has 4 rings (SSSR count). The van der Waals surface area contributed by atoms with Gasteiger partial charge in [-0.25, -0.2) is 14.4 Å². The zero-order chi connectivity index (χ0) is 34.2. The number of nitrogens with zero attached hydrogens (tertiary/aromatic N) is 3. The Labute approximate surface area is 251 Å². The largest absolute Gasteiger partial charge is 0.489 e. The number of amides is 1. The normalized spacial score (nSPS) is 14.0. The van der Waals surface area contributed by atoms with Crippen molar-refractivity contribution in [3.63, 3.8) is 0 Å². The molecule has 41 heavy (non-hydrogen) atoms. The predicted molar refractivity (Wildman–Crippen MR) is 159 cm³/mol. The van der Waals surface area contributed by atoms with Crippen molar-refractivity contribution in [2.75, 3.05) is 51.5 Å². The van der Waals surface area contributed by atoms with Gasteiger partial charge in [0, 0.05) is 45.1 Å². The second kappa shape index (κ2) is 14.4. The number of anilines is 3. The molecular formula is C30H31ClFN5O4. The van der Waals surface area contributed by atoms with Crippen LogP contribution in [-0.2, 0) is 16.1 Å². The minimum Gasteiger partial charge on any atom is -0.489 e. The summed E-state index contributed by atoms with van der Waals surface area (Å²) in [5.41, 5.74) is 1.93. The highest BCUT2D eigenvalue weighted by Crippen LogP contribution is 2.35. The number of aromatic nitrogens is 2. The standard InChI is InChI=1S/C30H31ClFN5O4/c1-37(2)11-5-8-29(38)36-26-16-23-25(17-28(26)40-13-12-39-3)33-19-34-30(23)35-22-9-10-27(24(31)15-22)41-18-20-6-4-7-21(32)14-20/h4-10,14-17,19H,11-13,18H2,1-3H3,(H,36,38)(H,33,34,35)/b8-5+/i1D3,2D3. The number of benzene rings is 3. The van der Waals surface area contributed by atoms with Crippen molar-refractivity contribution in [3.8, 4) is 11.5 Å². The Balaban J connectivity index is 1.56. The first-order chi connectivity index (χ1) is 22.2. The van der Waals surface area contributed by atoms with Crippen molar-refractivity contribution in [3.05, 3.63) is 89.5 Å². The van der Waals surface area contributed by atoms with Gasteiger partial charge in [0.05, 0.1) is 22.8 Å². The van der Waals surface area contributed by atoms with Gasteiger partial charge in [0.2, 0.25) is 5.91 Å². The second-order valence-electron chi connectivity index (χ2n) is 8.62. The monoisotopic (exact) mass is 585 g/mol. The lowest BCUT2D eigenvalue weighted by molar-refractivity contribution is -0.111. The Morgan fingerprint density at radius 2 is 1.98 bits per heavy atom. The molecule has 0 unspecified atom stereocenters. The maximum Gasteiger partial charge on any atom is 0.248 e. The van der Waals surface area contributed by atoms with E-state index in [0.717, 1.165) is 12.2 Å². The quantitative estimate of drug-likeness (QED) is 0.149. The van der Waals surface area contributed by atoms with E-state index in [2.05, 4.69) is 20.6 Å². The molecule has 0 atom stereocenters. The van der Waals surface area contributed by atoms with Gasteiger partial charge in [-0.1, -0.05) is 29.8 Å². The van der Waals surface area contributed by atoms with Gasteiger partial charge in [0.25, 0.3) is 0 Å². The van der Waals surface area contributed by atoms with Crippen molar-refractivity contribution in [2.45, 2.75) is 6.61 Å². The first-order valence-corrected chi connectivity index (χ1v) is 12.7. The third kappa shape index (κ3) is 8.62. The number of nitrogens with one attached hydrogen (secondary N) is 2. The third-order valence-corrected chi connectivity index (χ3v) is 5.87. The van der Waals surface area contributed by atoms with Crippen LogP contribution in [0.1, 0.15) is 13.8 Å². The van der Waals surface area contributed by atoms with Crippen LogP contribution in [0.5, 0.6) is 11.5 Å². The van der Waals surface area contributed by atoms with Crippen molar-refractivity contribution < 1.29 is 31.6 Å². The van der Waals surface area contributed by atoms with E-state index >= 15 is 0 Å². The maximum atomic E-state index is 13.5. The van der Waals surface area contributed by atoms with Crippen molar-refractivity contribution in [2.24, 2.45) is 0 Å². The molecule has 0 bridgehead atoms. The Morgan fingerprint density at radius 1 is 1.10 bits per heavy atom. The molecule has 3 aromatic carbocycles. The molecule has 0 saturated heterocycles. The van der Waals surface area contributed by atoms with E-state index in [9.17, 15) is 9.18 Å². The zero-order valence-electron chi connectivity index (χ0n) is 28.0. The molecule has 1 amide bonds. The summed E-state index contributed by atoms with van der Waals surface area (Å²) in [7, 11) is 1.51. The van der Waals surface area contributed by atoms with Crippen LogP contribution in [-0.4, -0.2) is 61.6 Å². The average molecular weight is 586 g/mol. The first kappa shape index (κ1) is 22.4. The van der Waals surface area contributed by atoms with Gasteiger partial charge < -0.3 is 29.7 Å². The van der Waals surface area contributed by atoms with Crippen LogP contribution in [0, 0.1) is 5.82 Å². The fourth-order valence-electron chi connectivity index (χ4n) is 3.70. The van der Waals surface area contributed by atoms with Gasteiger partial charge in [-0.05, 0) is 55.9 Å². The minimum absolute atomic E-state index is 0.121. The number of hydrogen-bond acceptors (Lipinski definition) is 8. The SMILES string of the molecule is [2H]C([2H])([2H])N(C/C=C/C(=O)Nc1cc2c(Nc3ccc(OCc4cccc(F)c4)c(Cl)c3)ncnc2cc1OCCOC)C([2H])([2H])[2H]. The van der Waals surface area contributed by atoms with E-state index in [1.165, 1.54) is 25.6 Å². The highest BCUT2D eigenvalue weighted by molar-refractivity contribution is 6.32. The molecular weight excluding hydrogens is 549 g/mol. The second-order valence-corrected chi connectivity index (χ2v) is 9.03. The molecule has 0 aliphatic rings. The number of rotatable bonds is 13. The molecule has 1 heterocycles. The summed E-state index contributed by atoms with van der Waals surface area (Å²) in [6.07, 6.45) is 3.53. The molecule has 0 aliphatic carbocycles. The van der Waals surface area contributed by atoms with Crippen molar-refractivity contribution >= 4 is 45.6 Å². The van der Waals surface area contributed by atoms with Gasteiger partial charge >= 0.3 is 0 Å². The number of carbonyl (C=O) groups excluding carboxylic acids is 1. The maximum absolute atomic E-state index is 13.5. The van der Waals surface area contributed by atoms with Crippen molar-refractivity contribution in [1.82, 2.24) is 14.9 Å². The summed E-state index contributed by atoms with van der Waals surface area (Å²) >= 11 is 6.47. The van der Waals surface area contributed by atoms with Crippen LogP contribution in [0.4, 0.5) is 21.6 Å². The minimum atomic E-state index is -2.89. The fraction of sp³-hybridized carbons (Fsp3) is 0.233. The number of ether oxygens (including phenoxy) is 3. The van der Waals surface area contributed by atoms with E-state index in [4.69, 9.17) is 34.0 Å². The topological polar surface area (TPSA) is 97.8 Å². The van der Waals surface area contributed by atoms with E-state index in [1.807, 2.05) is 0 Å². The number of methoxy groups -OCH3 is 1. The Bertz CT molecular complexity index is 1730. The Morgan fingerprint density at radius 3 is 2.76 bits per heavy atom. The molecule has 1 aromatic heterocycles. The van der Waals surface area contributed by atoms with Gasteiger partial charge in [-0.3, -0.25) is 4.79 Å². The van der Waals surface area contributed by atoms with Crippen LogP contribution in [0.2, 0.25) is 5.02 Å². The van der Waals surface area contributed by atoms with E-state index < -0.39 is 26.4 Å². The van der Waals surface area contributed by atoms with E-state index in [0.29, 0.717) is 43.6 Å². The first-order valence-electron chi connectivity index (χ1n) is 15.3. The van der Waals surface area contributed by atoms with Crippen LogP contribution in [0.25, 0.3) is 10.9 Å². The Hall–Kier alpha value is -4.25. The summed E-state index contributed by atoms with van der Waals surface area (Å²) in [4.78, 5) is 21.8. The highest BCUT2D eigenvalue weighted by atomic mass is 35.5. The molecule has 0 radical (unpaired) electrons. The number of halogens is 2. The molecule has 9 nitrogen and oxygen atoms in total. The summed E-state index contributed by atoms with van der Waals surface area (Å²) in [6, 6.07) is 14.3. The summed E-state index contributed by atoms with van der Waals surface area (Å²) < 4.78 is 74.9. The van der Waals surface area contributed by atoms with E-state index in [1.54, 1.807) is 42.5 Å². The number of carbonyl (C=O) groups is 1. The summed E-state index contributed by atoms with van der Waals surface area (Å²) in [5.74, 6) is 0.0140. The molecule has 4 aromatic rings. The third-order valence-electron chi connectivity index (χ3n) is 5.57. The zero-order valence-corrected chi connectivity index (χ0v) is 22.7.